The Morgan fingerprint density at radius 1 is 1.04 bits per heavy atom. The van der Waals surface area contributed by atoms with E-state index < -0.39 is 5.60 Å². The number of fused-ring (bicyclic) bond motifs is 1. The standard InChI is InChI=1S/C20H20O4/c1-20(2,3)24-19-14-9-13(12-7-5-4-6-8-12)10-15(21)18(14)16(22)11-17(19)23/h4-8,10-11,22-23H,9H2,1-3H3. The summed E-state index contributed by atoms with van der Waals surface area (Å²) in [5.41, 5.74) is 1.94. The number of rotatable bonds is 2. The van der Waals surface area contributed by atoms with Crippen molar-refractivity contribution in [1.29, 1.82) is 0 Å². The summed E-state index contributed by atoms with van der Waals surface area (Å²) in [4.78, 5) is 12.5. The molecule has 0 spiro atoms. The molecule has 0 unspecified atom stereocenters. The number of ketones is 1. The summed E-state index contributed by atoms with van der Waals surface area (Å²) in [5.74, 6) is -0.419. The maximum atomic E-state index is 12.5. The predicted molar refractivity (Wildman–Crippen MR) is 92.6 cm³/mol. The van der Waals surface area contributed by atoms with Crippen LogP contribution in [0.2, 0.25) is 0 Å². The molecular weight excluding hydrogens is 304 g/mol. The third-order valence-corrected chi connectivity index (χ3v) is 3.81. The first-order valence-electron chi connectivity index (χ1n) is 7.83. The van der Waals surface area contributed by atoms with E-state index in [0.717, 1.165) is 11.1 Å². The van der Waals surface area contributed by atoms with Crippen LogP contribution in [0.4, 0.5) is 0 Å². The highest BCUT2D eigenvalue weighted by atomic mass is 16.5. The zero-order chi connectivity index (χ0) is 17.5. The van der Waals surface area contributed by atoms with Crippen LogP contribution in [0.15, 0.2) is 42.5 Å². The Morgan fingerprint density at radius 2 is 1.71 bits per heavy atom. The first-order valence-corrected chi connectivity index (χ1v) is 7.83. The number of phenolic OH excluding ortho intramolecular Hbond substituents is 2. The van der Waals surface area contributed by atoms with Crippen molar-refractivity contribution in [3.05, 3.63) is 59.2 Å². The Balaban J connectivity index is 2.14. The number of carbonyl (C=O) groups excluding carboxylic acids is 1. The van der Waals surface area contributed by atoms with Crippen molar-refractivity contribution in [2.24, 2.45) is 0 Å². The van der Waals surface area contributed by atoms with Gasteiger partial charge in [0.2, 0.25) is 0 Å². The van der Waals surface area contributed by atoms with Gasteiger partial charge >= 0.3 is 0 Å². The van der Waals surface area contributed by atoms with Gasteiger partial charge in [-0.2, -0.15) is 0 Å². The Hall–Kier alpha value is -2.75. The van der Waals surface area contributed by atoms with Crippen LogP contribution in [0.1, 0.15) is 42.3 Å². The lowest BCUT2D eigenvalue weighted by Gasteiger charge is -2.27. The van der Waals surface area contributed by atoms with E-state index in [0.29, 0.717) is 12.0 Å². The van der Waals surface area contributed by atoms with Crippen molar-refractivity contribution in [3.8, 4) is 17.2 Å². The van der Waals surface area contributed by atoms with Crippen LogP contribution in [0.25, 0.3) is 5.57 Å². The Labute approximate surface area is 141 Å². The van der Waals surface area contributed by atoms with Gasteiger partial charge in [-0.05, 0) is 38.0 Å². The number of carbonyl (C=O) groups is 1. The van der Waals surface area contributed by atoms with E-state index in [2.05, 4.69) is 0 Å². The zero-order valence-corrected chi connectivity index (χ0v) is 14.0. The minimum absolute atomic E-state index is 0.164. The average molecular weight is 324 g/mol. The van der Waals surface area contributed by atoms with Crippen molar-refractivity contribution >= 4 is 11.4 Å². The van der Waals surface area contributed by atoms with E-state index in [1.165, 1.54) is 12.1 Å². The first kappa shape index (κ1) is 16.1. The monoisotopic (exact) mass is 324 g/mol. The fourth-order valence-corrected chi connectivity index (χ4v) is 2.86. The highest BCUT2D eigenvalue weighted by molar-refractivity contribution is 6.14. The van der Waals surface area contributed by atoms with Crippen molar-refractivity contribution in [2.75, 3.05) is 0 Å². The molecule has 0 aromatic heterocycles. The van der Waals surface area contributed by atoms with Crippen LogP contribution in [0, 0.1) is 0 Å². The minimum atomic E-state index is -0.542. The topological polar surface area (TPSA) is 66.8 Å². The Kier molecular flexibility index (Phi) is 3.84. The quantitative estimate of drug-likeness (QED) is 0.873. The van der Waals surface area contributed by atoms with Gasteiger partial charge in [0.15, 0.2) is 17.3 Å². The molecule has 0 amide bonds. The number of aromatic hydroxyl groups is 2. The molecule has 4 heteroatoms. The van der Waals surface area contributed by atoms with Crippen LogP contribution in [-0.4, -0.2) is 21.6 Å². The van der Waals surface area contributed by atoms with Gasteiger partial charge in [0.05, 0.1) is 5.56 Å². The van der Waals surface area contributed by atoms with Crippen LogP contribution in [0.5, 0.6) is 17.2 Å². The third kappa shape index (κ3) is 3.00. The van der Waals surface area contributed by atoms with E-state index in [1.54, 1.807) is 0 Å². The van der Waals surface area contributed by atoms with Crippen LogP contribution in [-0.2, 0) is 6.42 Å². The summed E-state index contributed by atoms with van der Waals surface area (Å²) in [7, 11) is 0. The number of benzene rings is 2. The van der Waals surface area contributed by atoms with Gasteiger partial charge in [-0.3, -0.25) is 4.79 Å². The molecule has 0 saturated carbocycles. The van der Waals surface area contributed by atoms with Crippen LogP contribution >= 0.6 is 0 Å². The van der Waals surface area contributed by atoms with Gasteiger partial charge < -0.3 is 14.9 Å². The molecule has 2 N–H and O–H groups in total. The molecule has 2 aromatic rings. The molecule has 1 aliphatic rings. The van der Waals surface area contributed by atoms with Gasteiger partial charge in [-0.1, -0.05) is 30.3 Å². The minimum Gasteiger partial charge on any atom is -0.507 e. The second kappa shape index (κ2) is 5.71. The van der Waals surface area contributed by atoms with Crippen molar-refractivity contribution in [3.63, 3.8) is 0 Å². The first-order chi connectivity index (χ1) is 11.3. The largest absolute Gasteiger partial charge is 0.507 e. The number of ether oxygens (including phenoxy) is 1. The summed E-state index contributed by atoms with van der Waals surface area (Å²) < 4.78 is 5.88. The molecular formula is C20H20O4. The average Bonchev–Trinajstić information content (AvgIpc) is 2.50. The number of hydrogen-bond acceptors (Lipinski definition) is 4. The molecule has 1 aliphatic carbocycles. The van der Waals surface area contributed by atoms with Crippen molar-refractivity contribution in [1.82, 2.24) is 0 Å². The third-order valence-electron chi connectivity index (χ3n) is 3.81. The second-order valence-corrected chi connectivity index (χ2v) is 6.89. The smallest absolute Gasteiger partial charge is 0.190 e. The fourth-order valence-electron chi connectivity index (χ4n) is 2.86. The molecule has 0 aliphatic heterocycles. The lowest BCUT2D eigenvalue weighted by molar-refractivity contribution is 0.103. The molecule has 2 aromatic carbocycles. The number of phenols is 2. The molecule has 3 rings (SSSR count). The maximum absolute atomic E-state index is 12.5. The maximum Gasteiger partial charge on any atom is 0.190 e. The van der Waals surface area contributed by atoms with Gasteiger partial charge in [0.25, 0.3) is 0 Å². The lowest BCUT2D eigenvalue weighted by atomic mass is 9.86. The van der Waals surface area contributed by atoms with Gasteiger partial charge in [0, 0.05) is 18.1 Å². The molecule has 0 saturated heterocycles. The number of hydrogen-bond donors (Lipinski definition) is 2. The Bertz CT molecular complexity index is 827. The summed E-state index contributed by atoms with van der Waals surface area (Å²) in [5, 5.41) is 20.4. The summed E-state index contributed by atoms with van der Waals surface area (Å²) in [6, 6.07) is 10.7. The molecule has 0 bridgehead atoms. The molecule has 124 valence electrons. The lowest BCUT2D eigenvalue weighted by Crippen LogP contribution is -2.25. The zero-order valence-electron chi connectivity index (χ0n) is 14.0. The predicted octanol–water partition coefficient (Wildman–Crippen LogP) is 4.10. The highest BCUT2D eigenvalue weighted by Crippen LogP contribution is 2.44. The molecule has 0 fully saturated rings. The molecule has 0 atom stereocenters. The van der Waals surface area contributed by atoms with Crippen molar-refractivity contribution in [2.45, 2.75) is 32.8 Å². The van der Waals surface area contributed by atoms with Crippen molar-refractivity contribution < 1.29 is 19.7 Å². The molecule has 0 heterocycles. The number of allylic oxidation sites excluding steroid dienone is 2. The fraction of sp³-hybridized carbons (Fsp3) is 0.250. The Morgan fingerprint density at radius 3 is 2.33 bits per heavy atom. The second-order valence-electron chi connectivity index (χ2n) is 6.89. The van der Waals surface area contributed by atoms with Gasteiger partial charge in [-0.25, -0.2) is 0 Å². The van der Waals surface area contributed by atoms with E-state index >= 15 is 0 Å². The van der Waals surface area contributed by atoms with Crippen LogP contribution in [0.3, 0.4) is 0 Å². The SMILES string of the molecule is CC(C)(C)Oc1c(O)cc(O)c2c1CC(c1ccccc1)=CC2=O. The summed E-state index contributed by atoms with van der Waals surface area (Å²) >= 11 is 0. The highest BCUT2D eigenvalue weighted by Gasteiger charge is 2.29. The van der Waals surface area contributed by atoms with E-state index in [4.69, 9.17) is 4.74 Å². The normalized spacial score (nSPS) is 14.1. The van der Waals surface area contributed by atoms with E-state index in [1.807, 2.05) is 51.1 Å². The van der Waals surface area contributed by atoms with Gasteiger partial charge in [-0.15, -0.1) is 0 Å². The summed E-state index contributed by atoms with van der Waals surface area (Å²) in [6.07, 6.45) is 1.94. The van der Waals surface area contributed by atoms with E-state index in [9.17, 15) is 15.0 Å². The van der Waals surface area contributed by atoms with E-state index in [-0.39, 0.29) is 28.6 Å². The molecule has 0 radical (unpaired) electrons. The van der Waals surface area contributed by atoms with Gasteiger partial charge in [0.1, 0.15) is 11.4 Å². The van der Waals surface area contributed by atoms with Crippen LogP contribution < -0.4 is 4.74 Å². The molecule has 4 nitrogen and oxygen atoms in total. The summed E-state index contributed by atoms with van der Waals surface area (Å²) in [6.45, 7) is 5.60. The molecule has 24 heavy (non-hydrogen) atoms.